The minimum Gasteiger partial charge on any atom is -0.494 e. The van der Waals surface area contributed by atoms with Gasteiger partial charge < -0.3 is 15.6 Å². The number of hydrogen-bond acceptors (Lipinski definition) is 6. The smallest absolute Gasteiger partial charge is 0.275 e. The number of nitro groups is 1. The van der Waals surface area contributed by atoms with Gasteiger partial charge in [-0.15, -0.1) is 0 Å². The highest BCUT2D eigenvalue weighted by Gasteiger charge is 2.26. The fourth-order valence-electron chi connectivity index (χ4n) is 2.97. The molecule has 0 aliphatic carbocycles. The lowest BCUT2D eigenvalue weighted by molar-refractivity contribution is -0.386. The maximum Gasteiger partial charge on any atom is 0.275 e. The first-order valence-corrected chi connectivity index (χ1v) is 8.02. The number of carbonyl (C=O) groups excluding carboxylic acids is 1. The molecular weight excluding hydrogens is 314 g/mol. The zero-order valence-corrected chi connectivity index (χ0v) is 13.7. The molecule has 2 atom stereocenters. The quantitative estimate of drug-likeness (QED) is 0.546. The normalized spacial score (nSPS) is 17.4. The molecule has 2 rings (SSSR count). The van der Waals surface area contributed by atoms with Gasteiger partial charge >= 0.3 is 0 Å². The first kappa shape index (κ1) is 18.2. The summed E-state index contributed by atoms with van der Waals surface area (Å²) in [6, 6.07) is 3.89. The van der Waals surface area contributed by atoms with E-state index >= 15 is 0 Å². The summed E-state index contributed by atoms with van der Waals surface area (Å²) < 4.78 is 5.60. The second kappa shape index (κ2) is 8.07. The first-order chi connectivity index (χ1) is 11.4. The molecule has 1 saturated heterocycles. The first-order valence-electron chi connectivity index (χ1n) is 8.02. The van der Waals surface area contributed by atoms with Crippen LogP contribution in [0.2, 0.25) is 0 Å². The zero-order chi connectivity index (χ0) is 17.7. The summed E-state index contributed by atoms with van der Waals surface area (Å²) in [6.07, 6.45) is 1.60. The Kier molecular flexibility index (Phi) is 6.10. The Morgan fingerprint density at radius 2 is 2.12 bits per heavy atom. The van der Waals surface area contributed by atoms with Crippen LogP contribution in [0.3, 0.4) is 0 Å². The Bertz CT molecular complexity index is 599. The highest BCUT2D eigenvalue weighted by molar-refractivity contribution is 5.79. The fraction of sp³-hybridized carbons (Fsp3) is 0.562. The molecule has 2 unspecified atom stereocenters. The Balaban J connectivity index is 1.99. The van der Waals surface area contributed by atoms with Gasteiger partial charge in [0.2, 0.25) is 5.91 Å². The van der Waals surface area contributed by atoms with E-state index in [1.54, 1.807) is 0 Å². The monoisotopic (exact) mass is 337 g/mol. The average Bonchev–Trinajstić information content (AvgIpc) is 3.04. The lowest BCUT2D eigenvalue weighted by Gasteiger charge is -2.24. The number of nitrogens with two attached hydrogens (primary N) is 1. The van der Waals surface area contributed by atoms with Crippen LogP contribution in [-0.2, 0) is 4.79 Å². The van der Waals surface area contributed by atoms with Crippen molar-refractivity contribution < 1.29 is 19.6 Å². The number of nitrogens with zero attached hydrogens (tertiary/aromatic N) is 2. The van der Waals surface area contributed by atoms with Crippen LogP contribution in [0, 0.1) is 10.1 Å². The van der Waals surface area contributed by atoms with Crippen molar-refractivity contribution in [3.05, 3.63) is 33.9 Å². The Morgan fingerprint density at radius 1 is 1.46 bits per heavy atom. The van der Waals surface area contributed by atoms with E-state index in [2.05, 4.69) is 4.90 Å². The molecule has 1 heterocycles. The van der Waals surface area contributed by atoms with Crippen LogP contribution < -0.4 is 10.5 Å². The summed E-state index contributed by atoms with van der Waals surface area (Å²) >= 11 is 0. The van der Waals surface area contributed by atoms with Gasteiger partial charge in [0.15, 0.2) is 0 Å². The van der Waals surface area contributed by atoms with Crippen molar-refractivity contribution in [1.82, 2.24) is 4.90 Å². The summed E-state index contributed by atoms with van der Waals surface area (Å²) in [6.45, 7) is 3.44. The summed E-state index contributed by atoms with van der Waals surface area (Å²) in [5, 5.41) is 20.6. The van der Waals surface area contributed by atoms with E-state index in [0.29, 0.717) is 12.2 Å². The van der Waals surface area contributed by atoms with Gasteiger partial charge in [-0.25, -0.2) is 0 Å². The lowest BCUT2D eigenvalue weighted by Crippen LogP contribution is -2.44. The molecular formula is C16H23N3O5. The van der Waals surface area contributed by atoms with Crippen LogP contribution in [0.25, 0.3) is 0 Å². The molecule has 1 aromatic rings. The minimum atomic E-state index is -0.975. The standard InChI is InChI=1S/C16H23N3O5/c1-11(20)13-10-12(4-5-14(13)19(22)23)24-9-6-15(16(17)21)18-7-2-3-8-18/h4-5,10-11,15,20H,2-3,6-9H2,1H3,(H2,17,21). The summed E-state index contributed by atoms with van der Waals surface area (Å²) in [5.74, 6) is 0.0509. The summed E-state index contributed by atoms with van der Waals surface area (Å²) in [4.78, 5) is 24.1. The van der Waals surface area contributed by atoms with E-state index in [1.165, 1.54) is 25.1 Å². The van der Waals surface area contributed by atoms with Crippen LogP contribution in [0.1, 0.15) is 37.9 Å². The van der Waals surface area contributed by atoms with Crippen LogP contribution in [-0.4, -0.2) is 46.6 Å². The SMILES string of the molecule is CC(O)c1cc(OCCC(C(N)=O)N2CCCC2)ccc1[N+](=O)[O-]. The number of benzene rings is 1. The van der Waals surface area contributed by atoms with Crippen LogP contribution >= 0.6 is 0 Å². The van der Waals surface area contributed by atoms with E-state index in [9.17, 15) is 20.0 Å². The van der Waals surface area contributed by atoms with E-state index in [0.717, 1.165) is 25.9 Å². The van der Waals surface area contributed by atoms with Crippen LogP contribution in [0.15, 0.2) is 18.2 Å². The molecule has 8 heteroatoms. The number of ether oxygens (including phenoxy) is 1. The van der Waals surface area contributed by atoms with Crippen molar-refractivity contribution in [2.45, 2.75) is 38.3 Å². The number of rotatable bonds is 8. The number of carbonyl (C=O) groups is 1. The third-order valence-electron chi connectivity index (χ3n) is 4.22. The number of aliphatic hydroxyl groups is 1. The molecule has 132 valence electrons. The fourth-order valence-corrected chi connectivity index (χ4v) is 2.97. The van der Waals surface area contributed by atoms with E-state index in [4.69, 9.17) is 10.5 Å². The van der Waals surface area contributed by atoms with Crippen molar-refractivity contribution >= 4 is 11.6 Å². The van der Waals surface area contributed by atoms with Gasteiger partial charge in [0, 0.05) is 12.5 Å². The minimum absolute atomic E-state index is 0.149. The lowest BCUT2D eigenvalue weighted by atomic mass is 10.1. The second-order valence-electron chi connectivity index (χ2n) is 5.95. The highest BCUT2D eigenvalue weighted by atomic mass is 16.6. The van der Waals surface area contributed by atoms with Gasteiger partial charge in [0.05, 0.1) is 29.2 Å². The predicted molar refractivity (Wildman–Crippen MR) is 87.6 cm³/mol. The number of nitro benzene ring substituents is 1. The Labute approximate surface area is 140 Å². The average molecular weight is 337 g/mol. The van der Waals surface area contributed by atoms with Crippen molar-refractivity contribution in [2.75, 3.05) is 19.7 Å². The molecule has 0 saturated carbocycles. The third-order valence-corrected chi connectivity index (χ3v) is 4.22. The van der Waals surface area contributed by atoms with Gasteiger partial charge in [0.25, 0.3) is 5.69 Å². The van der Waals surface area contributed by atoms with Crippen LogP contribution in [0.4, 0.5) is 5.69 Å². The van der Waals surface area contributed by atoms with Gasteiger partial charge in [-0.3, -0.25) is 19.8 Å². The van der Waals surface area contributed by atoms with E-state index < -0.39 is 11.0 Å². The van der Waals surface area contributed by atoms with E-state index in [-0.39, 0.29) is 29.8 Å². The maximum absolute atomic E-state index is 11.6. The van der Waals surface area contributed by atoms with Crippen molar-refractivity contribution in [2.24, 2.45) is 5.73 Å². The molecule has 1 aliphatic heterocycles. The van der Waals surface area contributed by atoms with Crippen molar-refractivity contribution in [3.8, 4) is 5.75 Å². The van der Waals surface area contributed by atoms with Crippen molar-refractivity contribution in [1.29, 1.82) is 0 Å². The topological polar surface area (TPSA) is 119 Å². The molecule has 1 fully saturated rings. The summed E-state index contributed by atoms with van der Waals surface area (Å²) in [5.41, 5.74) is 5.52. The molecule has 1 amide bonds. The molecule has 8 nitrogen and oxygen atoms in total. The van der Waals surface area contributed by atoms with Gasteiger partial charge in [0.1, 0.15) is 5.75 Å². The van der Waals surface area contributed by atoms with Gasteiger partial charge in [-0.1, -0.05) is 0 Å². The molecule has 0 aromatic heterocycles. The Morgan fingerprint density at radius 3 is 2.67 bits per heavy atom. The number of aliphatic hydroxyl groups excluding tert-OH is 1. The molecule has 1 aliphatic rings. The molecule has 1 aromatic carbocycles. The van der Waals surface area contributed by atoms with Crippen LogP contribution in [0.5, 0.6) is 5.75 Å². The molecule has 0 spiro atoms. The van der Waals surface area contributed by atoms with Gasteiger partial charge in [-0.05, 0) is 45.0 Å². The highest BCUT2D eigenvalue weighted by Crippen LogP contribution is 2.29. The second-order valence-corrected chi connectivity index (χ2v) is 5.95. The molecule has 3 N–H and O–H groups in total. The largest absolute Gasteiger partial charge is 0.494 e. The molecule has 0 bridgehead atoms. The molecule has 0 radical (unpaired) electrons. The predicted octanol–water partition coefficient (Wildman–Crippen LogP) is 1.37. The van der Waals surface area contributed by atoms with Crippen molar-refractivity contribution in [3.63, 3.8) is 0 Å². The molecule has 24 heavy (non-hydrogen) atoms. The number of amides is 1. The zero-order valence-electron chi connectivity index (χ0n) is 13.7. The van der Waals surface area contributed by atoms with Gasteiger partial charge in [-0.2, -0.15) is 0 Å². The maximum atomic E-state index is 11.6. The number of likely N-dealkylation sites (tertiary alicyclic amines) is 1. The number of hydrogen-bond donors (Lipinski definition) is 2. The number of primary amides is 1. The van der Waals surface area contributed by atoms with E-state index in [1.807, 2.05) is 0 Å². The summed E-state index contributed by atoms with van der Waals surface area (Å²) in [7, 11) is 0. The third kappa shape index (κ3) is 4.42. The Hall–Kier alpha value is -2.19.